The maximum absolute atomic E-state index is 8.87. The third-order valence-electron chi connectivity index (χ3n) is 2.22. The van der Waals surface area contributed by atoms with E-state index in [1.165, 1.54) is 0 Å². The van der Waals surface area contributed by atoms with Gasteiger partial charge in [0.15, 0.2) is 0 Å². The molecule has 0 heterocycles. The molecule has 0 N–H and O–H groups in total. The summed E-state index contributed by atoms with van der Waals surface area (Å²) in [4.78, 5) is 0. The van der Waals surface area contributed by atoms with Gasteiger partial charge in [0.05, 0.1) is 12.7 Å². The van der Waals surface area contributed by atoms with Gasteiger partial charge in [-0.25, -0.2) is 0 Å². The van der Waals surface area contributed by atoms with E-state index in [-0.39, 0.29) is 0 Å². The Balaban J connectivity index is 2.98. The number of nitriles is 1. The van der Waals surface area contributed by atoms with E-state index in [4.69, 9.17) is 10.00 Å². The monoisotopic (exact) mass is 189 g/mol. The smallest absolute Gasteiger partial charge is 0.139 e. The van der Waals surface area contributed by atoms with Gasteiger partial charge in [-0.3, -0.25) is 0 Å². The molecule has 14 heavy (non-hydrogen) atoms. The van der Waals surface area contributed by atoms with Gasteiger partial charge in [-0.2, -0.15) is 5.26 Å². The summed E-state index contributed by atoms with van der Waals surface area (Å²) in [6.07, 6.45) is 3.26. The fourth-order valence-electron chi connectivity index (χ4n) is 1.48. The quantitative estimate of drug-likeness (QED) is 0.729. The SMILES string of the molecule is CCCCc1cccc(C#N)c1OC. The molecule has 2 nitrogen and oxygen atoms in total. The molecule has 0 amide bonds. The molecule has 0 spiro atoms. The van der Waals surface area contributed by atoms with E-state index in [0.29, 0.717) is 5.56 Å². The highest BCUT2D eigenvalue weighted by molar-refractivity contribution is 5.48. The van der Waals surface area contributed by atoms with Crippen molar-refractivity contribution in [2.24, 2.45) is 0 Å². The molecule has 0 saturated carbocycles. The summed E-state index contributed by atoms with van der Waals surface area (Å²) in [6, 6.07) is 7.86. The van der Waals surface area contributed by atoms with Gasteiger partial charge in [0.1, 0.15) is 11.8 Å². The molecule has 1 aromatic rings. The van der Waals surface area contributed by atoms with Gasteiger partial charge in [0.25, 0.3) is 0 Å². The normalized spacial score (nSPS) is 9.50. The lowest BCUT2D eigenvalue weighted by Crippen LogP contribution is -1.95. The Hall–Kier alpha value is -1.49. The highest BCUT2D eigenvalue weighted by Gasteiger charge is 2.07. The third-order valence-corrected chi connectivity index (χ3v) is 2.22. The summed E-state index contributed by atoms with van der Waals surface area (Å²) in [6.45, 7) is 2.15. The number of rotatable bonds is 4. The second-order valence-corrected chi connectivity index (χ2v) is 3.21. The van der Waals surface area contributed by atoms with E-state index in [2.05, 4.69) is 13.0 Å². The minimum absolute atomic E-state index is 0.626. The Morgan fingerprint density at radius 1 is 1.43 bits per heavy atom. The molecule has 2 heteroatoms. The lowest BCUT2D eigenvalue weighted by Gasteiger charge is -2.08. The van der Waals surface area contributed by atoms with Crippen molar-refractivity contribution in [3.8, 4) is 11.8 Å². The fraction of sp³-hybridized carbons (Fsp3) is 0.417. The summed E-state index contributed by atoms with van der Waals surface area (Å²) >= 11 is 0. The van der Waals surface area contributed by atoms with Crippen molar-refractivity contribution < 1.29 is 4.74 Å². The first kappa shape index (κ1) is 10.6. The minimum atomic E-state index is 0.626. The van der Waals surface area contributed by atoms with Crippen molar-refractivity contribution in [2.45, 2.75) is 26.2 Å². The zero-order valence-corrected chi connectivity index (χ0v) is 8.71. The lowest BCUT2D eigenvalue weighted by molar-refractivity contribution is 0.407. The van der Waals surface area contributed by atoms with Crippen LogP contribution in [0.15, 0.2) is 18.2 Å². The van der Waals surface area contributed by atoms with E-state index in [1.807, 2.05) is 12.1 Å². The Kier molecular flexibility index (Phi) is 4.00. The summed E-state index contributed by atoms with van der Waals surface area (Å²) in [7, 11) is 1.62. The molecular weight excluding hydrogens is 174 g/mol. The largest absolute Gasteiger partial charge is 0.495 e. The first-order valence-corrected chi connectivity index (χ1v) is 4.89. The number of ether oxygens (including phenoxy) is 1. The highest BCUT2D eigenvalue weighted by atomic mass is 16.5. The van der Waals surface area contributed by atoms with Crippen molar-refractivity contribution in [3.05, 3.63) is 29.3 Å². The molecule has 74 valence electrons. The maximum atomic E-state index is 8.87. The van der Waals surface area contributed by atoms with Crippen LogP contribution in [0, 0.1) is 11.3 Å². The molecular formula is C12H15NO. The van der Waals surface area contributed by atoms with Gasteiger partial charge >= 0.3 is 0 Å². The molecule has 0 aliphatic heterocycles. The molecule has 0 fully saturated rings. The molecule has 1 aromatic carbocycles. The minimum Gasteiger partial charge on any atom is -0.495 e. The maximum Gasteiger partial charge on any atom is 0.139 e. The molecule has 1 rings (SSSR count). The van der Waals surface area contributed by atoms with Gasteiger partial charge in [0.2, 0.25) is 0 Å². The number of methoxy groups -OCH3 is 1. The van der Waals surface area contributed by atoms with Gasteiger partial charge in [-0.05, 0) is 24.5 Å². The Bertz CT molecular complexity index is 339. The van der Waals surface area contributed by atoms with E-state index >= 15 is 0 Å². The zero-order chi connectivity index (χ0) is 10.4. The van der Waals surface area contributed by atoms with E-state index in [1.54, 1.807) is 13.2 Å². The highest BCUT2D eigenvalue weighted by Crippen LogP contribution is 2.24. The molecule has 0 saturated heterocycles. The van der Waals surface area contributed by atoms with E-state index in [0.717, 1.165) is 30.6 Å². The van der Waals surface area contributed by atoms with Crippen LogP contribution < -0.4 is 4.74 Å². The Morgan fingerprint density at radius 2 is 2.21 bits per heavy atom. The number of aryl methyl sites for hydroxylation is 1. The van der Waals surface area contributed by atoms with Crippen LogP contribution in [-0.2, 0) is 6.42 Å². The standard InChI is InChI=1S/C12H15NO/c1-3-4-6-10-7-5-8-11(9-13)12(10)14-2/h5,7-8H,3-4,6H2,1-2H3. The number of unbranched alkanes of at least 4 members (excludes halogenated alkanes) is 1. The van der Waals surface area contributed by atoms with Crippen LogP contribution in [0.4, 0.5) is 0 Å². The topological polar surface area (TPSA) is 33.0 Å². The number of para-hydroxylation sites is 1. The number of hydrogen-bond acceptors (Lipinski definition) is 2. The Morgan fingerprint density at radius 3 is 2.79 bits per heavy atom. The van der Waals surface area contributed by atoms with E-state index in [9.17, 15) is 0 Å². The van der Waals surface area contributed by atoms with Crippen LogP contribution in [-0.4, -0.2) is 7.11 Å². The first-order valence-electron chi connectivity index (χ1n) is 4.89. The molecule has 0 aliphatic carbocycles. The van der Waals surface area contributed by atoms with Crippen molar-refractivity contribution in [1.29, 1.82) is 5.26 Å². The van der Waals surface area contributed by atoms with Crippen molar-refractivity contribution in [2.75, 3.05) is 7.11 Å². The van der Waals surface area contributed by atoms with Gasteiger partial charge in [-0.15, -0.1) is 0 Å². The summed E-state index contributed by atoms with van der Waals surface area (Å²) < 4.78 is 5.24. The van der Waals surface area contributed by atoms with Crippen LogP contribution in [0.1, 0.15) is 30.9 Å². The van der Waals surface area contributed by atoms with Crippen molar-refractivity contribution in [3.63, 3.8) is 0 Å². The lowest BCUT2D eigenvalue weighted by atomic mass is 10.0. The Labute approximate surface area is 85.1 Å². The van der Waals surface area contributed by atoms with Crippen LogP contribution in [0.2, 0.25) is 0 Å². The first-order chi connectivity index (χ1) is 6.83. The van der Waals surface area contributed by atoms with Crippen LogP contribution >= 0.6 is 0 Å². The molecule has 0 radical (unpaired) electrons. The van der Waals surface area contributed by atoms with E-state index < -0.39 is 0 Å². The molecule has 0 atom stereocenters. The van der Waals surface area contributed by atoms with Gasteiger partial charge < -0.3 is 4.74 Å². The van der Waals surface area contributed by atoms with Crippen LogP contribution in [0.25, 0.3) is 0 Å². The van der Waals surface area contributed by atoms with Crippen LogP contribution in [0.5, 0.6) is 5.75 Å². The number of nitrogens with zero attached hydrogens (tertiary/aromatic N) is 1. The number of hydrogen-bond donors (Lipinski definition) is 0. The summed E-state index contributed by atoms with van der Waals surface area (Å²) in [5, 5.41) is 8.87. The van der Waals surface area contributed by atoms with Crippen LogP contribution in [0.3, 0.4) is 0 Å². The molecule has 0 unspecified atom stereocenters. The third kappa shape index (κ3) is 2.26. The fourth-order valence-corrected chi connectivity index (χ4v) is 1.48. The van der Waals surface area contributed by atoms with Crippen molar-refractivity contribution in [1.82, 2.24) is 0 Å². The predicted octanol–water partition coefficient (Wildman–Crippen LogP) is 2.91. The zero-order valence-electron chi connectivity index (χ0n) is 8.71. The molecule has 0 bridgehead atoms. The second kappa shape index (κ2) is 5.29. The summed E-state index contributed by atoms with van der Waals surface area (Å²) in [5.74, 6) is 0.739. The molecule has 0 aromatic heterocycles. The predicted molar refractivity (Wildman–Crippen MR) is 56.3 cm³/mol. The van der Waals surface area contributed by atoms with Gasteiger partial charge in [0, 0.05) is 0 Å². The second-order valence-electron chi connectivity index (χ2n) is 3.21. The summed E-state index contributed by atoms with van der Waals surface area (Å²) in [5.41, 5.74) is 1.76. The van der Waals surface area contributed by atoms with Gasteiger partial charge in [-0.1, -0.05) is 25.5 Å². The average Bonchev–Trinajstić information content (AvgIpc) is 2.25. The number of benzene rings is 1. The molecule has 0 aliphatic rings. The average molecular weight is 189 g/mol. The van der Waals surface area contributed by atoms with Crippen molar-refractivity contribution >= 4 is 0 Å².